The van der Waals surface area contributed by atoms with Gasteiger partial charge in [-0.2, -0.15) is 0 Å². The third-order valence-electron chi connectivity index (χ3n) is 3.36. The van der Waals surface area contributed by atoms with Gasteiger partial charge >= 0.3 is 6.09 Å². The number of hydrogen-bond donors (Lipinski definition) is 0. The van der Waals surface area contributed by atoms with Gasteiger partial charge < -0.3 is 14.2 Å². The predicted molar refractivity (Wildman–Crippen MR) is 62.7 cm³/mol. The summed E-state index contributed by atoms with van der Waals surface area (Å²) in [6.45, 7) is 3.76. The molecular weight excluding hydrogens is 290 g/mol. The molecule has 4 atom stereocenters. The van der Waals surface area contributed by atoms with Gasteiger partial charge in [0.05, 0.1) is 19.2 Å². The van der Waals surface area contributed by atoms with Gasteiger partial charge in [-0.15, -0.1) is 0 Å². The molecule has 0 N–H and O–H groups in total. The standard InChI is InChI=1S/C11H14BrNO4/c1-11(2)16-8-5(12)4-6-7(9(8)17-11)13(6)10(14)15-3/h4,6-9H,1-3H3/t6-,7-,8-,9+,13?/m1/s1. The fraction of sp³-hybridized carbons (Fsp3) is 0.727. The average Bonchev–Trinajstić information content (AvgIpc) is 2.85. The van der Waals surface area contributed by atoms with Crippen LogP contribution in [0.2, 0.25) is 0 Å². The van der Waals surface area contributed by atoms with Crippen LogP contribution in [0.4, 0.5) is 4.79 Å². The zero-order chi connectivity index (χ0) is 12.4. The van der Waals surface area contributed by atoms with E-state index in [0.717, 1.165) is 4.48 Å². The normalized spacial score (nSPS) is 41.4. The lowest BCUT2D eigenvalue weighted by molar-refractivity contribution is -0.143. The molecule has 0 spiro atoms. The molecule has 2 aliphatic heterocycles. The summed E-state index contributed by atoms with van der Waals surface area (Å²) >= 11 is 3.49. The van der Waals surface area contributed by atoms with E-state index >= 15 is 0 Å². The maximum absolute atomic E-state index is 11.6. The van der Waals surface area contributed by atoms with Gasteiger partial charge in [-0.3, -0.25) is 4.90 Å². The van der Waals surface area contributed by atoms with Crippen molar-refractivity contribution < 1.29 is 19.0 Å². The third-order valence-corrected chi connectivity index (χ3v) is 4.07. The van der Waals surface area contributed by atoms with Gasteiger partial charge in [-0.25, -0.2) is 4.79 Å². The summed E-state index contributed by atoms with van der Waals surface area (Å²) in [6, 6.07) is 0.103. The number of hydrogen-bond acceptors (Lipinski definition) is 4. The van der Waals surface area contributed by atoms with Crippen LogP contribution >= 0.6 is 15.9 Å². The minimum absolute atomic E-state index is 0.0375. The highest BCUT2D eigenvalue weighted by molar-refractivity contribution is 9.11. The van der Waals surface area contributed by atoms with Crippen LogP contribution in [0.25, 0.3) is 0 Å². The first-order chi connectivity index (χ1) is 7.94. The van der Waals surface area contributed by atoms with Crippen LogP contribution < -0.4 is 0 Å². The van der Waals surface area contributed by atoms with E-state index in [9.17, 15) is 4.79 Å². The Morgan fingerprint density at radius 1 is 1.53 bits per heavy atom. The van der Waals surface area contributed by atoms with Gasteiger partial charge in [-0.1, -0.05) is 15.9 Å². The number of fused-ring (bicyclic) bond motifs is 3. The summed E-state index contributed by atoms with van der Waals surface area (Å²) in [5.74, 6) is -0.610. The molecule has 1 amide bonds. The molecule has 2 saturated heterocycles. The summed E-state index contributed by atoms with van der Waals surface area (Å²) < 4.78 is 17.4. The number of ether oxygens (including phenoxy) is 3. The molecule has 0 bridgehead atoms. The Balaban J connectivity index is 1.86. The van der Waals surface area contributed by atoms with Crippen LogP contribution in [-0.4, -0.2) is 48.2 Å². The predicted octanol–water partition coefficient (Wildman–Crippen LogP) is 1.62. The van der Waals surface area contributed by atoms with E-state index in [1.54, 1.807) is 4.90 Å². The molecule has 0 unspecified atom stereocenters. The first-order valence-corrected chi connectivity index (χ1v) is 6.33. The second-order valence-electron chi connectivity index (χ2n) is 4.93. The van der Waals surface area contributed by atoms with E-state index in [2.05, 4.69) is 15.9 Å². The topological polar surface area (TPSA) is 47.8 Å². The summed E-state index contributed by atoms with van der Waals surface area (Å²) in [7, 11) is 1.39. The van der Waals surface area contributed by atoms with Crippen molar-refractivity contribution in [3.63, 3.8) is 0 Å². The van der Waals surface area contributed by atoms with Gasteiger partial charge in [0.2, 0.25) is 0 Å². The van der Waals surface area contributed by atoms with Crippen molar-refractivity contribution in [3.05, 3.63) is 10.6 Å². The second kappa shape index (κ2) is 3.46. The second-order valence-corrected chi connectivity index (χ2v) is 5.85. The van der Waals surface area contributed by atoms with Crippen molar-refractivity contribution in [1.82, 2.24) is 4.90 Å². The summed E-state index contributed by atoms with van der Waals surface area (Å²) in [6.07, 6.45) is 1.44. The van der Waals surface area contributed by atoms with E-state index in [1.165, 1.54) is 7.11 Å². The lowest BCUT2D eigenvalue weighted by Crippen LogP contribution is -2.34. The Labute approximate surface area is 108 Å². The molecule has 2 fully saturated rings. The Hall–Kier alpha value is -0.590. The maximum Gasteiger partial charge on any atom is 0.410 e. The number of nitrogens with zero attached hydrogens (tertiary/aromatic N) is 1. The van der Waals surface area contributed by atoms with Crippen LogP contribution in [0.5, 0.6) is 0 Å². The molecule has 0 saturated carbocycles. The zero-order valence-corrected chi connectivity index (χ0v) is 11.4. The van der Waals surface area contributed by atoms with Gasteiger partial charge in [0.25, 0.3) is 0 Å². The highest BCUT2D eigenvalue weighted by Gasteiger charge is 2.64. The summed E-state index contributed by atoms with van der Waals surface area (Å²) in [5, 5.41) is 0. The van der Waals surface area contributed by atoms with Crippen molar-refractivity contribution in [3.8, 4) is 0 Å². The number of carbonyl (C=O) groups is 1. The summed E-state index contributed by atoms with van der Waals surface area (Å²) in [4.78, 5) is 13.2. The summed E-state index contributed by atoms with van der Waals surface area (Å²) in [5.41, 5.74) is 0. The molecule has 0 aromatic heterocycles. The molecule has 5 nitrogen and oxygen atoms in total. The van der Waals surface area contributed by atoms with Crippen LogP contribution in [0, 0.1) is 0 Å². The zero-order valence-electron chi connectivity index (χ0n) is 9.84. The first kappa shape index (κ1) is 11.5. The number of rotatable bonds is 0. The maximum atomic E-state index is 11.6. The van der Waals surface area contributed by atoms with Crippen molar-refractivity contribution in [2.75, 3.05) is 7.11 Å². The van der Waals surface area contributed by atoms with Crippen LogP contribution in [0.3, 0.4) is 0 Å². The van der Waals surface area contributed by atoms with E-state index < -0.39 is 5.79 Å². The largest absolute Gasteiger partial charge is 0.453 e. The molecule has 3 rings (SSSR count). The molecule has 0 aromatic carbocycles. The van der Waals surface area contributed by atoms with Gasteiger partial charge in [-0.05, 0) is 19.9 Å². The Bertz CT molecular complexity index is 408. The lowest BCUT2D eigenvalue weighted by atomic mass is 10.0. The molecule has 6 heteroatoms. The molecular formula is C11H14BrNO4. The van der Waals surface area contributed by atoms with Gasteiger partial charge in [0.15, 0.2) is 5.79 Å². The Kier molecular flexibility index (Phi) is 2.34. The molecule has 17 heavy (non-hydrogen) atoms. The van der Waals surface area contributed by atoms with Crippen molar-refractivity contribution >= 4 is 22.0 Å². The average molecular weight is 304 g/mol. The minimum Gasteiger partial charge on any atom is -0.453 e. The van der Waals surface area contributed by atoms with E-state index in [1.807, 2.05) is 19.9 Å². The Morgan fingerprint density at radius 2 is 2.24 bits per heavy atom. The first-order valence-electron chi connectivity index (χ1n) is 5.54. The molecule has 0 aromatic rings. The quantitative estimate of drug-likeness (QED) is 0.638. The van der Waals surface area contributed by atoms with E-state index in [4.69, 9.17) is 14.2 Å². The molecule has 1 aliphatic carbocycles. The molecule has 94 valence electrons. The molecule has 0 radical (unpaired) electrons. The van der Waals surface area contributed by atoms with Crippen molar-refractivity contribution in [1.29, 1.82) is 0 Å². The minimum atomic E-state index is -0.610. The monoisotopic (exact) mass is 303 g/mol. The smallest absolute Gasteiger partial charge is 0.410 e. The van der Waals surface area contributed by atoms with Gasteiger partial charge in [0, 0.05) is 4.48 Å². The van der Waals surface area contributed by atoms with Crippen LogP contribution in [-0.2, 0) is 14.2 Å². The van der Waals surface area contributed by atoms with E-state index in [0.29, 0.717) is 0 Å². The Morgan fingerprint density at radius 3 is 2.88 bits per heavy atom. The lowest BCUT2D eigenvalue weighted by Gasteiger charge is -2.17. The number of halogens is 1. The van der Waals surface area contributed by atoms with Crippen molar-refractivity contribution in [2.24, 2.45) is 0 Å². The van der Waals surface area contributed by atoms with Crippen molar-refractivity contribution in [2.45, 2.75) is 43.9 Å². The SMILES string of the molecule is COC(=O)N1[C@H]2[C@@H]3OC(C)(C)O[C@@H]3C(Br)=C[C@H]21. The molecule has 3 aliphatic rings. The highest BCUT2D eigenvalue weighted by atomic mass is 79.9. The number of carbonyl (C=O) groups excluding carboxylic acids is 1. The number of methoxy groups -OCH3 is 1. The van der Waals surface area contributed by atoms with Crippen LogP contribution in [0.15, 0.2) is 10.6 Å². The third kappa shape index (κ3) is 1.62. The molecule has 2 heterocycles. The van der Waals surface area contributed by atoms with E-state index in [-0.39, 0.29) is 30.4 Å². The van der Waals surface area contributed by atoms with Gasteiger partial charge in [0.1, 0.15) is 12.2 Å². The highest BCUT2D eigenvalue weighted by Crippen LogP contribution is 2.48. The fourth-order valence-electron chi connectivity index (χ4n) is 2.66. The number of amides is 1. The van der Waals surface area contributed by atoms with Crippen LogP contribution in [0.1, 0.15) is 13.8 Å². The fourth-order valence-corrected chi connectivity index (χ4v) is 3.28.